The normalized spacial score (nSPS) is 10.4. The molecule has 0 saturated heterocycles. The SMILES string of the molecule is CSc1ccc(-c2cc(CC(=O)O)[nH]n2)cc1. The number of rotatable bonds is 4. The lowest BCUT2D eigenvalue weighted by Crippen LogP contribution is -1.99. The van der Waals surface area contributed by atoms with Gasteiger partial charge in [-0.05, 0) is 24.5 Å². The number of aromatic nitrogens is 2. The van der Waals surface area contributed by atoms with Gasteiger partial charge in [0, 0.05) is 16.2 Å². The van der Waals surface area contributed by atoms with Crippen LogP contribution in [0.2, 0.25) is 0 Å². The Morgan fingerprint density at radius 1 is 1.41 bits per heavy atom. The molecule has 1 aromatic carbocycles. The third-order valence-electron chi connectivity index (χ3n) is 2.36. The van der Waals surface area contributed by atoms with Gasteiger partial charge in [-0.3, -0.25) is 9.89 Å². The Labute approximate surface area is 103 Å². The van der Waals surface area contributed by atoms with E-state index >= 15 is 0 Å². The van der Waals surface area contributed by atoms with Crippen LogP contribution in [0.25, 0.3) is 11.3 Å². The molecule has 0 unspecified atom stereocenters. The van der Waals surface area contributed by atoms with Crippen molar-refractivity contribution in [3.05, 3.63) is 36.0 Å². The van der Waals surface area contributed by atoms with Crippen LogP contribution in [0.1, 0.15) is 5.69 Å². The molecule has 88 valence electrons. The number of benzene rings is 1. The van der Waals surface area contributed by atoms with Gasteiger partial charge < -0.3 is 5.11 Å². The maximum atomic E-state index is 10.5. The van der Waals surface area contributed by atoms with Crippen molar-refractivity contribution in [1.82, 2.24) is 10.2 Å². The molecule has 0 saturated carbocycles. The first-order valence-corrected chi connectivity index (χ1v) is 6.32. The van der Waals surface area contributed by atoms with E-state index in [0.717, 1.165) is 11.3 Å². The smallest absolute Gasteiger partial charge is 0.309 e. The van der Waals surface area contributed by atoms with Crippen molar-refractivity contribution < 1.29 is 9.90 Å². The Morgan fingerprint density at radius 2 is 2.12 bits per heavy atom. The van der Waals surface area contributed by atoms with Crippen molar-refractivity contribution in [2.45, 2.75) is 11.3 Å². The highest BCUT2D eigenvalue weighted by Gasteiger charge is 2.06. The minimum Gasteiger partial charge on any atom is -0.481 e. The van der Waals surface area contributed by atoms with Gasteiger partial charge in [0.15, 0.2) is 0 Å². The fourth-order valence-corrected chi connectivity index (χ4v) is 1.93. The highest BCUT2D eigenvalue weighted by molar-refractivity contribution is 7.98. The second-order valence-corrected chi connectivity index (χ2v) is 4.46. The van der Waals surface area contributed by atoms with Crippen molar-refractivity contribution >= 4 is 17.7 Å². The van der Waals surface area contributed by atoms with Crippen LogP contribution in [0.5, 0.6) is 0 Å². The number of nitrogens with zero attached hydrogens (tertiary/aromatic N) is 1. The van der Waals surface area contributed by atoms with Gasteiger partial charge in [-0.25, -0.2) is 0 Å². The molecule has 4 nitrogen and oxygen atoms in total. The molecule has 1 aromatic heterocycles. The first kappa shape index (κ1) is 11.7. The molecule has 0 spiro atoms. The second-order valence-electron chi connectivity index (χ2n) is 3.58. The molecular weight excluding hydrogens is 236 g/mol. The Bertz CT molecular complexity index is 520. The number of hydrogen-bond donors (Lipinski definition) is 2. The summed E-state index contributed by atoms with van der Waals surface area (Å²) < 4.78 is 0. The van der Waals surface area contributed by atoms with Gasteiger partial charge in [0.25, 0.3) is 0 Å². The lowest BCUT2D eigenvalue weighted by Gasteiger charge is -1.98. The average Bonchev–Trinajstić information content (AvgIpc) is 2.77. The zero-order chi connectivity index (χ0) is 12.3. The average molecular weight is 248 g/mol. The van der Waals surface area contributed by atoms with Crippen LogP contribution in [0.4, 0.5) is 0 Å². The van der Waals surface area contributed by atoms with Crippen molar-refractivity contribution in [2.75, 3.05) is 6.26 Å². The lowest BCUT2D eigenvalue weighted by atomic mass is 10.1. The molecule has 0 bridgehead atoms. The maximum Gasteiger partial charge on any atom is 0.309 e. The molecule has 0 atom stereocenters. The molecule has 0 amide bonds. The standard InChI is InChI=1S/C12H12N2O2S/c1-17-10-4-2-8(3-5-10)11-6-9(13-14-11)7-12(15)16/h2-6H,7H2,1H3,(H,13,14)(H,15,16). The third-order valence-corrected chi connectivity index (χ3v) is 3.10. The third kappa shape index (κ3) is 2.88. The minimum absolute atomic E-state index is 0.0318. The summed E-state index contributed by atoms with van der Waals surface area (Å²) in [6.45, 7) is 0. The predicted octanol–water partition coefficient (Wildman–Crippen LogP) is 2.43. The second kappa shape index (κ2) is 5.05. The van der Waals surface area contributed by atoms with Gasteiger partial charge in [0.2, 0.25) is 0 Å². The zero-order valence-corrected chi connectivity index (χ0v) is 10.1. The number of nitrogens with one attached hydrogen (secondary N) is 1. The highest BCUT2D eigenvalue weighted by Crippen LogP contribution is 2.22. The predicted molar refractivity (Wildman–Crippen MR) is 67.1 cm³/mol. The summed E-state index contributed by atoms with van der Waals surface area (Å²) in [5.41, 5.74) is 2.37. The van der Waals surface area contributed by atoms with Gasteiger partial charge in [-0.1, -0.05) is 12.1 Å². The van der Waals surface area contributed by atoms with Crippen molar-refractivity contribution in [2.24, 2.45) is 0 Å². The van der Waals surface area contributed by atoms with Crippen LogP contribution in [-0.4, -0.2) is 27.5 Å². The molecule has 5 heteroatoms. The number of carboxylic acid groups (broad SMARTS) is 1. The fraction of sp³-hybridized carbons (Fsp3) is 0.167. The van der Waals surface area contributed by atoms with Crippen LogP contribution in [0, 0.1) is 0 Å². The van der Waals surface area contributed by atoms with Crippen LogP contribution in [0.3, 0.4) is 0 Å². The fourth-order valence-electron chi connectivity index (χ4n) is 1.52. The molecule has 0 aliphatic carbocycles. The highest BCUT2D eigenvalue weighted by atomic mass is 32.2. The number of hydrogen-bond acceptors (Lipinski definition) is 3. The summed E-state index contributed by atoms with van der Waals surface area (Å²) in [7, 11) is 0. The van der Waals surface area contributed by atoms with Gasteiger partial charge in [-0.2, -0.15) is 5.10 Å². The van der Waals surface area contributed by atoms with E-state index in [1.807, 2.05) is 30.5 Å². The number of thioether (sulfide) groups is 1. The van der Waals surface area contributed by atoms with Crippen molar-refractivity contribution in [3.8, 4) is 11.3 Å². The van der Waals surface area contributed by atoms with Crippen LogP contribution >= 0.6 is 11.8 Å². The number of aromatic amines is 1. The number of carbonyl (C=O) groups is 1. The van der Waals surface area contributed by atoms with Gasteiger partial charge in [0.1, 0.15) is 0 Å². The summed E-state index contributed by atoms with van der Waals surface area (Å²) in [5, 5.41) is 15.5. The summed E-state index contributed by atoms with van der Waals surface area (Å²) in [4.78, 5) is 11.7. The Kier molecular flexibility index (Phi) is 3.49. The lowest BCUT2D eigenvalue weighted by molar-refractivity contribution is -0.136. The summed E-state index contributed by atoms with van der Waals surface area (Å²) >= 11 is 1.68. The Morgan fingerprint density at radius 3 is 2.71 bits per heavy atom. The molecule has 2 N–H and O–H groups in total. The molecule has 0 aliphatic rings. The van der Waals surface area contributed by atoms with Crippen LogP contribution in [0.15, 0.2) is 35.2 Å². The monoisotopic (exact) mass is 248 g/mol. The largest absolute Gasteiger partial charge is 0.481 e. The first-order chi connectivity index (χ1) is 8.19. The first-order valence-electron chi connectivity index (χ1n) is 5.09. The molecular formula is C12H12N2O2S. The molecule has 0 aliphatic heterocycles. The van der Waals surface area contributed by atoms with E-state index < -0.39 is 5.97 Å². The zero-order valence-electron chi connectivity index (χ0n) is 9.30. The van der Waals surface area contributed by atoms with Crippen molar-refractivity contribution in [3.63, 3.8) is 0 Å². The van der Waals surface area contributed by atoms with Crippen molar-refractivity contribution in [1.29, 1.82) is 0 Å². The molecule has 1 heterocycles. The van der Waals surface area contributed by atoms with E-state index in [-0.39, 0.29) is 6.42 Å². The number of aliphatic carboxylic acids is 1. The van der Waals surface area contributed by atoms with Gasteiger partial charge in [-0.15, -0.1) is 11.8 Å². The van der Waals surface area contributed by atoms with E-state index in [4.69, 9.17) is 5.11 Å². The maximum absolute atomic E-state index is 10.5. The molecule has 0 fully saturated rings. The topological polar surface area (TPSA) is 66.0 Å². The number of H-pyrrole nitrogens is 1. The molecule has 2 aromatic rings. The summed E-state index contributed by atoms with van der Waals surface area (Å²) in [5.74, 6) is -0.863. The van der Waals surface area contributed by atoms with Gasteiger partial charge >= 0.3 is 5.97 Å². The van der Waals surface area contributed by atoms with E-state index in [1.54, 1.807) is 17.8 Å². The number of carboxylic acids is 1. The van der Waals surface area contributed by atoms with E-state index in [9.17, 15) is 4.79 Å². The van der Waals surface area contributed by atoms with Gasteiger partial charge in [0.05, 0.1) is 12.1 Å². The molecule has 0 radical (unpaired) electrons. The summed E-state index contributed by atoms with van der Waals surface area (Å²) in [6, 6.07) is 9.76. The van der Waals surface area contributed by atoms with Crippen LogP contribution < -0.4 is 0 Å². The quantitative estimate of drug-likeness (QED) is 0.815. The Balaban J connectivity index is 2.21. The minimum atomic E-state index is -0.863. The van der Waals surface area contributed by atoms with E-state index in [1.165, 1.54) is 4.90 Å². The van der Waals surface area contributed by atoms with E-state index in [0.29, 0.717) is 5.69 Å². The molecule has 17 heavy (non-hydrogen) atoms. The summed E-state index contributed by atoms with van der Waals surface area (Å²) in [6.07, 6.45) is 1.99. The molecule has 2 rings (SSSR count). The van der Waals surface area contributed by atoms with Crippen LogP contribution in [-0.2, 0) is 11.2 Å². The van der Waals surface area contributed by atoms with E-state index in [2.05, 4.69) is 10.2 Å². The Hall–Kier alpha value is -1.75.